The first kappa shape index (κ1) is 14.0. The number of nitrogen functional groups attached to an aromatic ring is 1. The minimum Gasteiger partial charge on any atom is -0.398 e. The van der Waals surface area contributed by atoms with Gasteiger partial charge in [-0.1, -0.05) is 0 Å². The first-order valence-corrected chi connectivity index (χ1v) is 7.79. The molecule has 102 valence electrons. The number of rotatable bonds is 5. The van der Waals surface area contributed by atoms with Crippen molar-refractivity contribution >= 4 is 31.6 Å². The quantitative estimate of drug-likeness (QED) is 0.711. The monoisotopic (exact) mass is 344 g/mol. The highest BCUT2D eigenvalue weighted by Crippen LogP contribution is 2.22. The highest BCUT2D eigenvalue weighted by atomic mass is 79.9. The molecule has 19 heavy (non-hydrogen) atoms. The minimum atomic E-state index is -3.53. The highest BCUT2D eigenvalue weighted by molar-refractivity contribution is 9.10. The van der Waals surface area contributed by atoms with E-state index in [2.05, 4.69) is 30.6 Å². The predicted molar refractivity (Wildman–Crippen MR) is 76.0 cm³/mol. The van der Waals surface area contributed by atoms with Crippen molar-refractivity contribution in [1.82, 2.24) is 14.7 Å². The molecule has 8 heteroatoms. The van der Waals surface area contributed by atoms with Gasteiger partial charge in [-0.2, -0.15) is 0 Å². The van der Waals surface area contributed by atoms with Crippen LogP contribution in [-0.2, 0) is 16.4 Å². The van der Waals surface area contributed by atoms with Crippen LogP contribution in [0.2, 0.25) is 0 Å². The summed E-state index contributed by atoms with van der Waals surface area (Å²) in [4.78, 5) is 7.10. The highest BCUT2D eigenvalue weighted by Gasteiger charge is 2.14. The van der Waals surface area contributed by atoms with Gasteiger partial charge in [0.25, 0.3) is 0 Å². The Balaban J connectivity index is 2.03. The number of aromatic nitrogens is 2. The van der Waals surface area contributed by atoms with Crippen LogP contribution >= 0.6 is 15.9 Å². The van der Waals surface area contributed by atoms with Crippen molar-refractivity contribution in [2.24, 2.45) is 0 Å². The summed E-state index contributed by atoms with van der Waals surface area (Å²) in [7, 11) is -3.53. The first-order chi connectivity index (χ1) is 8.99. The summed E-state index contributed by atoms with van der Waals surface area (Å²) < 4.78 is 27.1. The lowest BCUT2D eigenvalue weighted by Crippen LogP contribution is -2.26. The van der Waals surface area contributed by atoms with Gasteiger partial charge in [0.2, 0.25) is 10.0 Å². The average Bonchev–Trinajstić information content (AvgIpc) is 2.85. The number of nitrogens with one attached hydrogen (secondary N) is 2. The van der Waals surface area contributed by atoms with E-state index in [1.807, 2.05) is 0 Å². The van der Waals surface area contributed by atoms with Gasteiger partial charge in [0.05, 0.1) is 4.90 Å². The Kier molecular flexibility index (Phi) is 4.23. The summed E-state index contributed by atoms with van der Waals surface area (Å²) in [5, 5.41) is 0. The number of nitrogens with zero attached hydrogens (tertiary/aromatic N) is 1. The maximum atomic E-state index is 12.0. The van der Waals surface area contributed by atoms with Crippen LogP contribution in [0.1, 0.15) is 5.82 Å². The van der Waals surface area contributed by atoms with E-state index in [0.29, 0.717) is 16.6 Å². The summed E-state index contributed by atoms with van der Waals surface area (Å²) in [6.45, 7) is 0.276. The first-order valence-electron chi connectivity index (χ1n) is 5.52. The van der Waals surface area contributed by atoms with Crippen LogP contribution in [0.15, 0.2) is 40.0 Å². The molecule has 0 fully saturated rings. The molecule has 1 heterocycles. The largest absolute Gasteiger partial charge is 0.398 e. The summed E-state index contributed by atoms with van der Waals surface area (Å²) in [5.74, 6) is 0.737. The normalized spacial score (nSPS) is 11.6. The van der Waals surface area contributed by atoms with Crippen molar-refractivity contribution in [2.75, 3.05) is 12.3 Å². The lowest BCUT2D eigenvalue weighted by molar-refractivity contribution is 0.581. The molecule has 0 radical (unpaired) electrons. The number of halogens is 1. The zero-order valence-corrected chi connectivity index (χ0v) is 12.3. The lowest BCUT2D eigenvalue weighted by Gasteiger charge is -2.07. The number of imidazole rings is 1. The number of aromatic amines is 1. The van der Waals surface area contributed by atoms with Gasteiger partial charge < -0.3 is 10.7 Å². The second kappa shape index (κ2) is 5.72. The molecule has 2 aromatic rings. The van der Waals surface area contributed by atoms with Crippen LogP contribution in [0.25, 0.3) is 0 Å². The third-order valence-corrected chi connectivity index (χ3v) is 4.64. The van der Waals surface area contributed by atoms with E-state index in [0.717, 1.165) is 5.82 Å². The molecular formula is C11H13BrN4O2S. The van der Waals surface area contributed by atoms with E-state index in [9.17, 15) is 8.42 Å². The van der Waals surface area contributed by atoms with Gasteiger partial charge in [-0.3, -0.25) is 0 Å². The second-order valence-corrected chi connectivity index (χ2v) is 6.49. The Bertz CT molecular complexity index is 655. The molecule has 0 bridgehead atoms. The molecule has 4 N–H and O–H groups in total. The Morgan fingerprint density at radius 3 is 2.84 bits per heavy atom. The van der Waals surface area contributed by atoms with Crippen molar-refractivity contribution in [3.8, 4) is 0 Å². The molecule has 6 nitrogen and oxygen atoms in total. The van der Waals surface area contributed by atoms with Gasteiger partial charge in [0.1, 0.15) is 5.82 Å². The Morgan fingerprint density at radius 1 is 1.42 bits per heavy atom. The van der Waals surface area contributed by atoms with E-state index in [4.69, 9.17) is 5.73 Å². The SMILES string of the molecule is Nc1ccc(S(=O)(=O)NCCc2ncc[nH]2)cc1Br. The lowest BCUT2D eigenvalue weighted by atomic mass is 10.3. The third kappa shape index (κ3) is 3.55. The molecule has 0 aliphatic rings. The maximum Gasteiger partial charge on any atom is 0.240 e. The Hall–Kier alpha value is -1.38. The maximum absolute atomic E-state index is 12.0. The van der Waals surface area contributed by atoms with E-state index in [-0.39, 0.29) is 11.4 Å². The summed E-state index contributed by atoms with van der Waals surface area (Å²) in [6, 6.07) is 4.49. The molecule has 0 spiro atoms. The Morgan fingerprint density at radius 2 is 2.21 bits per heavy atom. The van der Waals surface area contributed by atoms with Crippen LogP contribution in [-0.4, -0.2) is 24.9 Å². The van der Waals surface area contributed by atoms with Crippen molar-refractivity contribution in [3.05, 3.63) is 40.9 Å². The fraction of sp³-hybridized carbons (Fsp3) is 0.182. The van der Waals surface area contributed by atoms with E-state index >= 15 is 0 Å². The number of benzene rings is 1. The molecule has 0 saturated carbocycles. The van der Waals surface area contributed by atoms with Gasteiger partial charge >= 0.3 is 0 Å². The van der Waals surface area contributed by atoms with Gasteiger partial charge in [0, 0.05) is 35.5 Å². The topological polar surface area (TPSA) is 101 Å². The molecule has 0 aliphatic carbocycles. The van der Waals surface area contributed by atoms with E-state index in [1.54, 1.807) is 18.5 Å². The van der Waals surface area contributed by atoms with Crippen LogP contribution in [0.4, 0.5) is 5.69 Å². The summed E-state index contributed by atoms with van der Waals surface area (Å²) in [6.07, 6.45) is 3.82. The molecule has 0 unspecified atom stereocenters. The van der Waals surface area contributed by atoms with Crippen LogP contribution in [0.5, 0.6) is 0 Å². The number of nitrogens with two attached hydrogens (primary N) is 1. The molecule has 1 aromatic carbocycles. The van der Waals surface area contributed by atoms with Gasteiger partial charge in [-0.15, -0.1) is 0 Å². The molecular weight excluding hydrogens is 332 g/mol. The standard InChI is InChI=1S/C11H13BrN4O2S/c12-9-7-8(1-2-10(9)13)19(17,18)16-4-3-11-14-5-6-15-11/h1-2,5-7,16H,3-4,13H2,(H,14,15). The van der Waals surface area contributed by atoms with Crippen LogP contribution in [0, 0.1) is 0 Å². The van der Waals surface area contributed by atoms with Crippen molar-refractivity contribution in [3.63, 3.8) is 0 Å². The summed E-state index contributed by atoms with van der Waals surface area (Å²) >= 11 is 3.21. The smallest absolute Gasteiger partial charge is 0.240 e. The molecule has 0 saturated heterocycles. The van der Waals surface area contributed by atoms with Crippen molar-refractivity contribution in [1.29, 1.82) is 0 Å². The average molecular weight is 345 g/mol. The van der Waals surface area contributed by atoms with E-state index < -0.39 is 10.0 Å². The number of hydrogen-bond acceptors (Lipinski definition) is 4. The van der Waals surface area contributed by atoms with Crippen LogP contribution in [0.3, 0.4) is 0 Å². The predicted octanol–water partition coefficient (Wildman–Crippen LogP) is 1.28. The van der Waals surface area contributed by atoms with Crippen molar-refractivity contribution in [2.45, 2.75) is 11.3 Å². The van der Waals surface area contributed by atoms with E-state index in [1.165, 1.54) is 12.1 Å². The number of H-pyrrole nitrogens is 1. The number of hydrogen-bond donors (Lipinski definition) is 3. The van der Waals surface area contributed by atoms with Gasteiger partial charge in [-0.25, -0.2) is 18.1 Å². The van der Waals surface area contributed by atoms with Gasteiger partial charge in [-0.05, 0) is 34.1 Å². The number of sulfonamides is 1. The Labute approximate surface area is 119 Å². The third-order valence-electron chi connectivity index (χ3n) is 2.49. The molecule has 0 amide bonds. The minimum absolute atomic E-state index is 0.174. The number of anilines is 1. The fourth-order valence-corrected chi connectivity index (χ4v) is 3.08. The van der Waals surface area contributed by atoms with Crippen LogP contribution < -0.4 is 10.5 Å². The zero-order chi connectivity index (χ0) is 13.9. The molecule has 1 aromatic heterocycles. The van der Waals surface area contributed by atoms with Crippen molar-refractivity contribution < 1.29 is 8.42 Å². The zero-order valence-electron chi connectivity index (χ0n) is 9.93. The second-order valence-electron chi connectivity index (χ2n) is 3.87. The molecule has 2 rings (SSSR count). The molecule has 0 atom stereocenters. The van der Waals surface area contributed by atoms with Gasteiger partial charge in [0.15, 0.2) is 0 Å². The fourth-order valence-electron chi connectivity index (χ4n) is 1.50. The summed E-state index contributed by atoms with van der Waals surface area (Å²) in [5.41, 5.74) is 6.12. The molecule has 0 aliphatic heterocycles.